The van der Waals surface area contributed by atoms with Crippen LogP contribution in [0.2, 0.25) is 0 Å². The van der Waals surface area contributed by atoms with Crippen molar-refractivity contribution in [1.82, 2.24) is 5.32 Å². The number of carbonyl (C=O) groups excluding carboxylic acids is 1. The lowest BCUT2D eigenvalue weighted by Crippen LogP contribution is -2.47. The van der Waals surface area contributed by atoms with Crippen molar-refractivity contribution in [2.45, 2.75) is 38.1 Å². The zero-order valence-electron chi connectivity index (χ0n) is 10.4. The van der Waals surface area contributed by atoms with Crippen molar-refractivity contribution in [3.8, 4) is 0 Å². The first kappa shape index (κ1) is 11.7. The van der Waals surface area contributed by atoms with Gasteiger partial charge in [0, 0.05) is 5.69 Å². The third-order valence-corrected chi connectivity index (χ3v) is 4.28. The van der Waals surface area contributed by atoms with Crippen molar-refractivity contribution in [2.75, 3.05) is 4.90 Å². The van der Waals surface area contributed by atoms with Crippen LogP contribution in [0, 0.1) is 6.92 Å². The summed E-state index contributed by atoms with van der Waals surface area (Å²) in [6.07, 6.45) is 3.98. The summed E-state index contributed by atoms with van der Waals surface area (Å²) in [7, 11) is 0. The van der Waals surface area contributed by atoms with Gasteiger partial charge < -0.3 is 10.2 Å². The van der Waals surface area contributed by atoms with E-state index in [2.05, 4.69) is 24.4 Å². The maximum atomic E-state index is 12.2. The first-order chi connectivity index (χ1) is 8.63. The molecule has 1 aliphatic heterocycles. The molecule has 0 radical (unpaired) electrons. The van der Waals surface area contributed by atoms with Crippen LogP contribution in [0.4, 0.5) is 5.69 Å². The van der Waals surface area contributed by atoms with E-state index in [1.165, 1.54) is 5.56 Å². The predicted molar refractivity (Wildman–Crippen MR) is 75.6 cm³/mol. The number of nitrogens with one attached hydrogen (secondary N) is 1. The van der Waals surface area contributed by atoms with Crippen LogP contribution >= 0.6 is 12.2 Å². The molecule has 1 aromatic rings. The van der Waals surface area contributed by atoms with Gasteiger partial charge in [-0.05, 0) is 44.1 Å². The number of rotatable bonds is 1. The van der Waals surface area contributed by atoms with E-state index in [4.69, 9.17) is 12.2 Å². The molecule has 2 aliphatic rings. The maximum absolute atomic E-state index is 12.2. The Morgan fingerprint density at radius 3 is 2.44 bits per heavy atom. The topological polar surface area (TPSA) is 32.3 Å². The Kier molecular flexibility index (Phi) is 2.63. The Morgan fingerprint density at radius 1 is 1.22 bits per heavy atom. The molecule has 0 atom stereocenters. The van der Waals surface area contributed by atoms with E-state index in [0.29, 0.717) is 5.11 Å². The van der Waals surface area contributed by atoms with E-state index in [1.807, 2.05) is 17.0 Å². The lowest BCUT2D eigenvalue weighted by Gasteiger charge is -2.32. The van der Waals surface area contributed by atoms with E-state index in [0.717, 1.165) is 31.4 Å². The number of nitrogens with zero attached hydrogens (tertiary/aromatic N) is 1. The van der Waals surface area contributed by atoms with Crippen molar-refractivity contribution in [2.24, 2.45) is 0 Å². The van der Waals surface area contributed by atoms with Crippen molar-refractivity contribution in [1.29, 1.82) is 0 Å². The van der Waals surface area contributed by atoms with Crippen LogP contribution in [0.1, 0.15) is 31.2 Å². The van der Waals surface area contributed by atoms with Crippen molar-refractivity contribution in [3.63, 3.8) is 0 Å². The van der Waals surface area contributed by atoms with Gasteiger partial charge in [-0.25, -0.2) is 0 Å². The molecule has 1 saturated heterocycles. The van der Waals surface area contributed by atoms with E-state index >= 15 is 0 Å². The van der Waals surface area contributed by atoms with Crippen LogP contribution in [0.3, 0.4) is 0 Å². The van der Waals surface area contributed by atoms with Gasteiger partial charge in [0.05, 0.1) is 0 Å². The number of thiocarbonyl (C=S) groups is 1. The molecule has 3 rings (SSSR count). The summed E-state index contributed by atoms with van der Waals surface area (Å²) in [5.41, 5.74) is 1.81. The number of amides is 1. The molecule has 2 fully saturated rings. The smallest absolute Gasteiger partial charge is 0.252 e. The number of hydrogen-bond acceptors (Lipinski definition) is 2. The first-order valence-corrected chi connectivity index (χ1v) is 6.77. The van der Waals surface area contributed by atoms with Crippen LogP contribution in [0.15, 0.2) is 24.3 Å². The van der Waals surface area contributed by atoms with Crippen molar-refractivity contribution >= 4 is 28.9 Å². The Hall–Kier alpha value is -1.42. The maximum Gasteiger partial charge on any atom is 0.252 e. The van der Waals surface area contributed by atoms with Crippen LogP contribution in [0.5, 0.6) is 0 Å². The van der Waals surface area contributed by atoms with Crippen molar-refractivity contribution < 1.29 is 4.79 Å². The zero-order valence-corrected chi connectivity index (χ0v) is 11.2. The average Bonchev–Trinajstić information content (AvgIpc) is 2.90. The molecule has 4 heteroatoms. The molecule has 0 bridgehead atoms. The summed E-state index contributed by atoms with van der Waals surface area (Å²) in [5, 5.41) is 3.38. The lowest BCUT2D eigenvalue weighted by atomic mass is 9.95. The van der Waals surface area contributed by atoms with Gasteiger partial charge in [0.1, 0.15) is 5.54 Å². The normalized spacial score (nSPS) is 21.7. The third-order valence-electron chi connectivity index (χ3n) is 4.00. The summed E-state index contributed by atoms with van der Waals surface area (Å²) in [6, 6.07) is 8.21. The Labute approximate surface area is 112 Å². The van der Waals surface area contributed by atoms with E-state index < -0.39 is 5.54 Å². The summed E-state index contributed by atoms with van der Waals surface area (Å²) in [5.74, 6) is 0.0746. The fourth-order valence-corrected chi connectivity index (χ4v) is 3.41. The van der Waals surface area contributed by atoms with Gasteiger partial charge in [0.2, 0.25) is 0 Å². The highest BCUT2D eigenvalue weighted by Crippen LogP contribution is 2.41. The molecule has 18 heavy (non-hydrogen) atoms. The number of anilines is 1. The summed E-state index contributed by atoms with van der Waals surface area (Å²) in [4.78, 5) is 14.2. The third kappa shape index (κ3) is 1.56. The van der Waals surface area contributed by atoms with Crippen molar-refractivity contribution in [3.05, 3.63) is 29.8 Å². The summed E-state index contributed by atoms with van der Waals surface area (Å²) in [6.45, 7) is 2.06. The Balaban J connectivity index is 2.05. The van der Waals surface area contributed by atoms with Crippen LogP contribution in [0.25, 0.3) is 0 Å². The number of aryl methyl sites for hydroxylation is 1. The molecule has 1 heterocycles. The summed E-state index contributed by atoms with van der Waals surface area (Å²) >= 11 is 5.34. The number of benzene rings is 1. The molecule has 1 spiro atoms. The molecule has 3 nitrogen and oxygen atoms in total. The second-order valence-electron chi connectivity index (χ2n) is 5.17. The molecular weight excluding hydrogens is 244 g/mol. The molecule has 0 aromatic heterocycles. The number of hydrogen-bond donors (Lipinski definition) is 1. The Morgan fingerprint density at radius 2 is 1.83 bits per heavy atom. The highest BCUT2D eigenvalue weighted by atomic mass is 32.1. The zero-order chi connectivity index (χ0) is 12.8. The predicted octanol–water partition coefficient (Wildman–Crippen LogP) is 2.53. The molecule has 1 N–H and O–H groups in total. The molecule has 1 saturated carbocycles. The fraction of sp³-hybridized carbons (Fsp3) is 0.429. The van der Waals surface area contributed by atoms with Gasteiger partial charge in [0.15, 0.2) is 5.11 Å². The molecule has 1 amide bonds. The molecule has 94 valence electrons. The van der Waals surface area contributed by atoms with E-state index in [-0.39, 0.29) is 5.91 Å². The van der Waals surface area contributed by atoms with Gasteiger partial charge in [-0.1, -0.05) is 30.5 Å². The van der Waals surface area contributed by atoms with Crippen LogP contribution in [-0.4, -0.2) is 16.6 Å². The molecule has 1 aliphatic carbocycles. The minimum absolute atomic E-state index is 0.0746. The highest BCUT2D eigenvalue weighted by molar-refractivity contribution is 7.80. The summed E-state index contributed by atoms with van der Waals surface area (Å²) < 4.78 is 0. The fourth-order valence-electron chi connectivity index (χ4n) is 3.03. The minimum atomic E-state index is -0.424. The van der Waals surface area contributed by atoms with Gasteiger partial charge >= 0.3 is 0 Å². The van der Waals surface area contributed by atoms with Gasteiger partial charge in [-0.15, -0.1) is 0 Å². The monoisotopic (exact) mass is 260 g/mol. The Bertz CT molecular complexity index is 503. The van der Waals surface area contributed by atoms with E-state index in [9.17, 15) is 4.79 Å². The quantitative estimate of drug-likeness (QED) is 0.788. The average molecular weight is 260 g/mol. The van der Waals surface area contributed by atoms with Crippen LogP contribution in [-0.2, 0) is 4.79 Å². The van der Waals surface area contributed by atoms with Crippen LogP contribution < -0.4 is 10.2 Å². The molecule has 1 aromatic carbocycles. The largest absolute Gasteiger partial charge is 0.303 e. The highest BCUT2D eigenvalue weighted by Gasteiger charge is 2.52. The number of carbonyl (C=O) groups is 1. The first-order valence-electron chi connectivity index (χ1n) is 6.36. The standard InChI is InChI=1S/C14H16N2OS/c1-10-4-6-11(7-5-10)16-13(18)15-12(17)14(16)8-2-3-9-14/h4-7H,2-3,8-9H2,1H3,(H,15,17,18). The van der Waals surface area contributed by atoms with Gasteiger partial charge in [-0.3, -0.25) is 4.79 Å². The molecule has 0 unspecified atom stereocenters. The molecular formula is C14H16N2OS. The lowest BCUT2D eigenvalue weighted by molar-refractivity contribution is -0.123. The second kappa shape index (κ2) is 4.05. The SMILES string of the molecule is Cc1ccc(N2C(=S)NC(=O)C23CCCC3)cc1. The van der Waals surface area contributed by atoms with Gasteiger partial charge in [0.25, 0.3) is 5.91 Å². The minimum Gasteiger partial charge on any atom is -0.303 e. The second-order valence-corrected chi connectivity index (χ2v) is 5.56. The van der Waals surface area contributed by atoms with E-state index in [1.54, 1.807) is 0 Å². The van der Waals surface area contributed by atoms with Gasteiger partial charge in [-0.2, -0.15) is 0 Å².